The Bertz CT molecular complexity index is 624. The van der Waals surface area contributed by atoms with Gasteiger partial charge in [-0.1, -0.05) is 54.9 Å². The summed E-state index contributed by atoms with van der Waals surface area (Å²) in [6.45, 7) is 0. The number of hydrogen-bond donors (Lipinski definition) is 3. The Labute approximate surface area is 133 Å². The van der Waals surface area contributed by atoms with Gasteiger partial charge in [0.05, 0.1) is 0 Å². The molecule has 116 valence electrons. The molecule has 1 aromatic carbocycles. The van der Waals surface area contributed by atoms with E-state index in [1.165, 1.54) is 24.6 Å². The van der Waals surface area contributed by atoms with Gasteiger partial charge in [-0.3, -0.25) is 4.79 Å². The summed E-state index contributed by atoms with van der Waals surface area (Å²) in [6.07, 6.45) is 4.49. The topological polar surface area (TPSA) is 96.7 Å². The van der Waals surface area contributed by atoms with Crippen LogP contribution in [0.4, 0.5) is 5.95 Å². The van der Waals surface area contributed by atoms with Crippen molar-refractivity contribution >= 4 is 23.6 Å². The predicted molar refractivity (Wildman–Crippen MR) is 86.2 cm³/mol. The van der Waals surface area contributed by atoms with Crippen molar-refractivity contribution in [3.8, 4) is 0 Å². The Hall–Kier alpha value is -2.02. The van der Waals surface area contributed by atoms with Crippen LogP contribution in [0.1, 0.15) is 36.5 Å². The Morgan fingerprint density at radius 2 is 2.05 bits per heavy atom. The fraction of sp³-hybridized carbons (Fsp3) is 0.400. The van der Waals surface area contributed by atoms with Crippen LogP contribution in [-0.4, -0.2) is 27.1 Å². The Balaban J connectivity index is 1.77. The quantitative estimate of drug-likeness (QED) is 0.735. The first-order chi connectivity index (χ1) is 10.7. The molecule has 1 atom stereocenters. The number of anilines is 1. The fourth-order valence-corrected chi connectivity index (χ4v) is 3.59. The van der Waals surface area contributed by atoms with Crippen molar-refractivity contribution in [2.45, 2.75) is 42.1 Å². The van der Waals surface area contributed by atoms with Gasteiger partial charge in [0.15, 0.2) is 0 Å². The van der Waals surface area contributed by atoms with Gasteiger partial charge in [-0.15, -0.1) is 5.10 Å². The summed E-state index contributed by atoms with van der Waals surface area (Å²) in [6, 6.07) is 9.97. The zero-order valence-corrected chi connectivity index (χ0v) is 13.0. The minimum Gasteiger partial charge on any atom is -0.368 e. The van der Waals surface area contributed by atoms with Crippen LogP contribution in [0.15, 0.2) is 35.5 Å². The standard InChI is InChI=1S/C15H19N5OS/c16-14-18-15(20-19-14)22-12(10-6-2-1-3-7-10)13(21)17-11-8-4-5-9-11/h1-3,6-7,11-12H,4-5,8-9H2,(H,17,21)(H3,16,18,19,20). The van der Waals surface area contributed by atoms with Crippen LogP contribution >= 0.6 is 11.8 Å². The van der Waals surface area contributed by atoms with Crippen molar-refractivity contribution in [2.24, 2.45) is 0 Å². The molecule has 4 N–H and O–H groups in total. The number of amides is 1. The van der Waals surface area contributed by atoms with Crippen molar-refractivity contribution in [3.05, 3.63) is 35.9 Å². The van der Waals surface area contributed by atoms with Crippen LogP contribution < -0.4 is 11.1 Å². The number of aromatic nitrogens is 3. The Kier molecular flexibility index (Phi) is 4.62. The van der Waals surface area contributed by atoms with E-state index in [0.717, 1.165) is 18.4 Å². The minimum absolute atomic E-state index is 0.00599. The molecule has 1 aliphatic rings. The van der Waals surface area contributed by atoms with Gasteiger partial charge < -0.3 is 11.1 Å². The molecule has 22 heavy (non-hydrogen) atoms. The first-order valence-electron chi connectivity index (χ1n) is 7.42. The molecule has 1 aromatic heterocycles. The summed E-state index contributed by atoms with van der Waals surface area (Å²) in [5, 5.41) is 9.87. The summed E-state index contributed by atoms with van der Waals surface area (Å²) in [5.41, 5.74) is 6.49. The molecule has 2 aromatic rings. The lowest BCUT2D eigenvalue weighted by Gasteiger charge is -2.18. The third-order valence-electron chi connectivity index (χ3n) is 3.75. The molecule has 1 unspecified atom stereocenters. The summed E-state index contributed by atoms with van der Waals surface area (Å²) in [5.74, 6) is 0.261. The molecule has 3 rings (SSSR count). The first kappa shape index (κ1) is 14.9. The smallest absolute Gasteiger partial charge is 0.238 e. The van der Waals surface area contributed by atoms with Gasteiger partial charge in [-0.2, -0.15) is 4.98 Å². The van der Waals surface area contributed by atoms with Crippen molar-refractivity contribution in [1.29, 1.82) is 0 Å². The summed E-state index contributed by atoms with van der Waals surface area (Å²) in [7, 11) is 0. The van der Waals surface area contributed by atoms with E-state index < -0.39 is 0 Å². The number of aromatic amines is 1. The minimum atomic E-state index is -0.378. The third kappa shape index (κ3) is 3.59. The normalized spacial score (nSPS) is 16.5. The highest BCUT2D eigenvalue weighted by atomic mass is 32.2. The SMILES string of the molecule is Nc1nc(SC(C(=O)NC2CCCC2)c2ccccc2)n[nH]1. The second-order valence-electron chi connectivity index (χ2n) is 5.40. The molecule has 1 aliphatic carbocycles. The monoisotopic (exact) mass is 317 g/mol. The van der Waals surface area contributed by atoms with Gasteiger partial charge in [0.25, 0.3) is 0 Å². The largest absolute Gasteiger partial charge is 0.368 e. The number of thioether (sulfide) groups is 1. The maximum absolute atomic E-state index is 12.7. The zero-order chi connectivity index (χ0) is 15.4. The van der Waals surface area contributed by atoms with Gasteiger partial charge >= 0.3 is 0 Å². The molecular formula is C15H19N5OS. The second kappa shape index (κ2) is 6.83. The molecule has 1 fully saturated rings. The Morgan fingerprint density at radius 1 is 1.32 bits per heavy atom. The van der Waals surface area contributed by atoms with Crippen LogP contribution in [0, 0.1) is 0 Å². The highest BCUT2D eigenvalue weighted by molar-refractivity contribution is 8.00. The van der Waals surface area contributed by atoms with Gasteiger partial charge in [0.1, 0.15) is 5.25 Å². The molecule has 1 amide bonds. The van der Waals surface area contributed by atoms with Crippen LogP contribution in [0.25, 0.3) is 0 Å². The summed E-state index contributed by atoms with van der Waals surface area (Å²) in [4.78, 5) is 16.8. The number of nitrogens with one attached hydrogen (secondary N) is 2. The van der Waals surface area contributed by atoms with Crippen molar-refractivity contribution in [2.75, 3.05) is 5.73 Å². The molecule has 0 spiro atoms. The number of nitrogen functional groups attached to an aromatic ring is 1. The summed E-state index contributed by atoms with van der Waals surface area (Å²) >= 11 is 1.31. The maximum atomic E-state index is 12.7. The van der Waals surface area contributed by atoms with E-state index in [1.807, 2.05) is 30.3 Å². The number of rotatable bonds is 5. The molecule has 7 heteroatoms. The molecule has 0 aliphatic heterocycles. The zero-order valence-electron chi connectivity index (χ0n) is 12.2. The fourth-order valence-electron chi connectivity index (χ4n) is 2.66. The van der Waals surface area contributed by atoms with E-state index in [1.54, 1.807) is 0 Å². The van der Waals surface area contributed by atoms with E-state index >= 15 is 0 Å². The lowest BCUT2D eigenvalue weighted by molar-refractivity contribution is -0.121. The van der Waals surface area contributed by atoms with Crippen molar-refractivity contribution in [3.63, 3.8) is 0 Å². The van der Waals surface area contributed by atoms with E-state index in [0.29, 0.717) is 5.16 Å². The van der Waals surface area contributed by atoms with E-state index in [-0.39, 0.29) is 23.1 Å². The highest BCUT2D eigenvalue weighted by Gasteiger charge is 2.27. The van der Waals surface area contributed by atoms with E-state index in [4.69, 9.17) is 5.73 Å². The average molecular weight is 317 g/mol. The Morgan fingerprint density at radius 3 is 2.68 bits per heavy atom. The van der Waals surface area contributed by atoms with Gasteiger partial charge in [0.2, 0.25) is 17.0 Å². The highest BCUT2D eigenvalue weighted by Crippen LogP contribution is 2.34. The number of carbonyl (C=O) groups is 1. The molecule has 0 saturated heterocycles. The maximum Gasteiger partial charge on any atom is 0.238 e. The lowest BCUT2D eigenvalue weighted by atomic mass is 10.1. The van der Waals surface area contributed by atoms with Crippen LogP contribution in [-0.2, 0) is 4.79 Å². The average Bonchev–Trinajstić information content (AvgIpc) is 3.17. The van der Waals surface area contributed by atoms with E-state index in [9.17, 15) is 4.79 Å². The van der Waals surface area contributed by atoms with Gasteiger partial charge in [0, 0.05) is 6.04 Å². The number of nitrogens with zero attached hydrogens (tertiary/aromatic N) is 2. The molecule has 0 radical (unpaired) electrons. The second-order valence-corrected chi connectivity index (χ2v) is 6.47. The number of carbonyl (C=O) groups excluding carboxylic acids is 1. The molecule has 1 saturated carbocycles. The number of H-pyrrole nitrogens is 1. The molecular weight excluding hydrogens is 298 g/mol. The summed E-state index contributed by atoms with van der Waals surface area (Å²) < 4.78 is 0. The van der Waals surface area contributed by atoms with Gasteiger partial charge in [-0.25, -0.2) is 5.10 Å². The molecule has 0 bridgehead atoms. The van der Waals surface area contributed by atoms with Crippen molar-refractivity contribution in [1.82, 2.24) is 20.5 Å². The molecule has 1 heterocycles. The first-order valence-corrected chi connectivity index (χ1v) is 8.30. The predicted octanol–water partition coefficient (Wildman–Crippen LogP) is 2.28. The van der Waals surface area contributed by atoms with Gasteiger partial charge in [-0.05, 0) is 18.4 Å². The number of hydrogen-bond acceptors (Lipinski definition) is 5. The number of nitrogens with two attached hydrogens (primary N) is 1. The van der Waals surface area contributed by atoms with E-state index in [2.05, 4.69) is 20.5 Å². The van der Waals surface area contributed by atoms with Crippen molar-refractivity contribution < 1.29 is 4.79 Å². The molecule has 6 nitrogen and oxygen atoms in total. The van der Waals surface area contributed by atoms with Crippen LogP contribution in [0.2, 0.25) is 0 Å². The number of benzene rings is 1. The van der Waals surface area contributed by atoms with Crippen LogP contribution in [0.3, 0.4) is 0 Å². The third-order valence-corrected chi connectivity index (χ3v) is 4.86. The van der Waals surface area contributed by atoms with Crippen LogP contribution in [0.5, 0.6) is 0 Å². The lowest BCUT2D eigenvalue weighted by Crippen LogP contribution is -2.35.